The van der Waals surface area contributed by atoms with Crippen molar-refractivity contribution in [2.75, 3.05) is 6.61 Å². The first-order valence-electron chi connectivity index (χ1n) is 7.52. The maximum absolute atomic E-state index is 12.5. The molecular formula is C16H16N2O7. The molecule has 0 bridgehead atoms. The summed E-state index contributed by atoms with van der Waals surface area (Å²) in [6, 6.07) is 7.96. The van der Waals surface area contributed by atoms with Gasteiger partial charge in [0.05, 0.1) is 12.2 Å². The van der Waals surface area contributed by atoms with E-state index in [0.29, 0.717) is 4.57 Å². The van der Waals surface area contributed by atoms with Gasteiger partial charge in [-0.3, -0.25) is 14.6 Å². The molecule has 0 spiro atoms. The monoisotopic (exact) mass is 348 g/mol. The highest BCUT2D eigenvalue weighted by atomic mass is 16.6. The highest BCUT2D eigenvalue weighted by molar-refractivity contribution is 5.95. The van der Waals surface area contributed by atoms with Crippen molar-refractivity contribution in [3.8, 4) is 0 Å². The van der Waals surface area contributed by atoms with Crippen LogP contribution in [0.3, 0.4) is 0 Å². The lowest BCUT2D eigenvalue weighted by atomic mass is 10.0. The molecule has 2 aromatic rings. The molecule has 1 aliphatic heterocycles. The zero-order valence-electron chi connectivity index (χ0n) is 12.9. The predicted octanol–water partition coefficient (Wildman–Crippen LogP) is -1.62. The van der Waals surface area contributed by atoms with Crippen molar-refractivity contribution in [1.82, 2.24) is 9.55 Å². The number of H-pyrrole nitrogens is 1. The number of aromatic amines is 1. The second-order valence-corrected chi connectivity index (χ2v) is 5.64. The van der Waals surface area contributed by atoms with Gasteiger partial charge in [-0.1, -0.05) is 18.2 Å². The molecule has 1 aromatic carbocycles. The fourth-order valence-electron chi connectivity index (χ4n) is 2.72. The molecule has 1 fully saturated rings. The Morgan fingerprint density at radius 2 is 1.84 bits per heavy atom. The number of hydrogen-bond acceptors (Lipinski definition) is 7. The molecule has 9 nitrogen and oxygen atoms in total. The first kappa shape index (κ1) is 17.2. The molecule has 9 heteroatoms. The quantitative estimate of drug-likeness (QED) is 0.522. The Bertz CT molecular complexity index is 889. The van der Waals surface area contributed by atoms with Crippen molar-refractivity contribution in [3.63, 3.8) is 0 Å². The lowest BCUT2D eigenvalue weighted by Crippen LogP contribution is -2.38. The van der Waals surface area contributed by atoms with Gasteiger partial charge in [0.25, 0.3) is 11.5 Å². The van der Waals surface area contributed by atoms with Gasteiger partial charge in [0, 0.05) is 11.8 Å². The lowest BCUT2D eigenvalue weighted by molar-refractivity contribution is -0.0233. The number of aromatic nitrogens is 2. The molecule has 0 aliphatic carbocycles. The van der Waals surface area contributed by atoms with Crippen LogP contribution < -0.4 is 11.2 Å². The van der Waals surface area contributed by atoms with Crippen LogP contribution in [-0.4, -0.2) is 55.7 Å². The number of aliphatic hydroxyl groups excluding tert-OH is 3. The second kappa shape index (κ2) is 6.73. The highest BCUT2D eigenvalue weighted by Crippen LogP contribution is 2.31. The second-order valence-electron chi connectivity index (χ2n) is 5.64. The number of hydrogen-bond donors (Lipinski definition) is 4. The fourth-order valence-corrected chi connectivity index (χ4v) is 2.72. The van der Waals surface area contributed by atoms with Crippen molar-refractivity contribution in [2.45, 2.75) is 24.4 Å². The molecule has 2 heterocycles. The zero-order chi connectivity index (χ0) is 18.1. The van der Waals surface area contributed by atoms with Gasteiger partial charge in [0.15, 0.2) is 0 Å². The number of ether oxygens (including phenoxy) is 1. The number of carbonyl (C=O) groups is 1. The molecule has 1 aromatic heterocycles. The van der Waals surface area contributed by atoms with Crippen molar-refractivity contribution in [1.29, 1.82) is 0 Å². The van der Waals surface area contributed by atoms with E-state index in [9.17, 15) is 24.6 Å². The number of rotatable bonds is 3. The van der Waals surface area contributed by atoms with Crippen LogP contribution in [0.4, 0.5) is 0 Å². The van der Waals surface area contributed by atoms with Gasteiger partial charge in [0.1, 0.15) is 24.4 Å². The van der Waals surface area contributed by atoms with Gasteiger partial charge in [-0.25, -0.2) is 9.36 Å². The highest BCUT2D eigenvalue weighted by Gasteiger charge is 2.44. The number of nitrogens with zero attached hydrogens (tertiary/aromatic N) is 1. The largest absolute Gasteiger partial charge is 0.394 e. The van der Waals surface area contributed by atoms with Gasteiger partial charge in [0.2, 0.25) is 0 Å². The third kappa shape index (κ3) is 3.05. The van der Waals surface area contributed by atoms with Gasteiger partial charge in [-0.15, -0.1) is 0 Å². The molecule has 0 amide bonds. The topological polar surface area (TPSA) is 142 Å². The first-order valence-corrected chi connectivity index (χ1v) is 7.52. The maximum atomic E-state index is 12.5. The number of nitrogens with one attached hydrogen (secondary N) is 1. The van der Waals surface area contributed by atoms with Crippen LogP contribution in [0.25, 0.3) is 0 Å². The Kier molecular flexibility index (Phi) is 4.64. The minimum absolute atomic E-state index is 0.202. The molecular weight excluding hydrogens is 332 g/mol. The van der Waals surface area contributed by atoms with E-state index in [-0.39, 0.29) is 11.1 Å². The summed E-state index contributed by atoms with van der Waals surface area (Å²) in [5.74, 6) is -0.671. The third-order valence-corrected chi connectivity index (χ3v) is 4.06. The Labute approximate surface area is 140 Å². The Hall–Kier alpha value is -2.59. The van der Waals surface area contributed by atoms with Crippen LogP contribution in [0.2, 0.25) is 0 Å². The summed E-state index contributed by atoms with van der Waals surface area (Å²) in [5.41, 5.74) is -1.76. The van der Waals surface area contributed by atoms with E-state index >= 15 is 0 Å². The molecule has 4 unspecified atom stereocenters. The van der Waals surface area contributed by atoms with Gasteiger partial charge < -0.3 is 20.1 Å². The van der Waals surface area contributed by atoms with Crippen LogP contribution in [0.5, 0.6) is 0 Å². The van der Waals surface area contributed by atoms with E-state index in [1.165, 1.54) is 12.1 Å². The standard InChI is InChI=1S/C16H16N2O7/c19-7-10-11(20)12(21)13(25-10)9-6-18(16(24)17-14(9)22)15(23)8-4-2-1-3-5-8/h1-6,10-13,19-21H,7H2,(H,17,22,24). The summed E-state index contributed by atoms with van der Waals surface area (Å²) >= 11 is 0. The van der Waals surface area contributed by atoms with E-state index in [4.69, 9.17) is 9.84 Å². The molecule has 0 radical (unpaired) electrons. The van der Waals surface area contributed by atoms with E-state index in [1.807, 2.05) is 4.98 Å². The van der Waals surface area contributed by atoms with Crippen LogP contribution in [0, 0.1) is 0 Å². The van der Waals surface area contributed by atoms with Gasteiger partial charge in [-0.05, 0) is 12.1 Å². The number of carbonyl (C=O) groups excluding carboxylic acids is 1. The number of aliphatic hydroxyl groups is 3. The Morgan fingerprint density at radius 1 is 1.16 bits per heavy atom. The van der Waals surface area contributed by atoms with E-state index in [1.54, 1.807) is 18.2 Å². The SMILES string of the molecule is O=C(c1ccccc1)n1cc(C2OC(CO)C(O)C2O)c(=O)[nH]c1=O. The average Bonchev–Trinajstić information content (AvgIpc) is 2.90. The lowest BCUT2D eigenvalue weighted by Gasteiger charge is -2.15. The van der Waals surface area contributed by atoms with Crippen LogP contribution >= 0.6 is 0 Å². The summed E-state index contributed by atoms with van der Waals surface area (Å²) in [5, 5.41) is 29.0. The van der Waals surface area contributed by atoms with Crippen LogP contribution in [0.15, 0.2) is 46.1 Å². The fraction of sp³-hybridized carbons (Fsp3) is 0.312. The Morgan fingerprint density at radius 3 is 2.44 bits per heavy atom. The summed E-state index contributed by atoms with van der Waals surface area (Å²) in [7, 11) is 0. The number of benzene rings is 1. The summed E-state index contributed by atoms with van der Waals surface area (Å²) in [6.07, 6.45) is -4.27. The van der Waals surface area contributed by atoms with Crippen LogP contribution in [-0.2, 0) is 4.74 Å². The van der Waals surface area contributed by atoms with Crippen molar-refractivity contribution in [3.05, 3.63) is 68.5 Å². The smallest absolute Gasteiger partial charge is 0.335 e. The summed E-state index contributed by atoms with van der Waals surface area (Å²) < 4.78 is 5.98. The van der Waals surface area contributed by atoms with Crippen molar-refractivity contribution >= 4 is 5.91 Å². The van der Waals surface area contributed by atoms with Crippen molar-refractivity contribution in [2.24, 2.45) is 0 Å². The minimum atomic E-state index is -1.49. The van der Waals surface area contributed by atoms with E-state index < -0.39 is 48.2 Å². The molecule has 1 aliphatic rings. The molecule has 1 saturated heterocycles. The Balaban J connectivity index is 2.04. The minimum Gasteiger partial charge on any atom is -0.394 e. The molecule has 4 N–H and O–H groups in total. The molecule has 25 heavy (non-hydrogen) atoms. The van der Waals surface area contributed by atoms with E-state index in [0.717, 1.165) is 6.20 Å². The molecule has 0 saturated carbocycles. The van der Waals surface area contributed by atoms with Gasteiger partial charge >= 0.3 is 5.69 Å². The molecule has 132 valence electrons. The first-order chi connectivity index (χ1) is 11.9. The predicted molar refractivity (Wildman–Crippen MR) is 84.2 cm³/mol. The van der Waals surface area contributed by atoms with Crippen LogP contribution in [0.1, 0.15) is 22.0 Å². The summed E-state index contributed by atoms with van der Waals surface area (Å²) in [4.78, 5) is 38.5. The third-order valence-electron chi connectivity index (χ3n) is 4.06. The summed E-state index contributed by atoms with van der Waals surface area (Å²) in [6.45, 7) is -0.560. The average molecular weight is 348 g/mol. The molecule has 3 rings (SSSR count). The maximum Gasteiger partial charge on any atom is 0.335 e. The zero-order valence-corrected chi connectivity index (χ0v) is 12.9. The van der Waals surface area contributed by atoms with Gasteiger partial charge in [-0.2, -0.15) is 0 Å². The van der Waals surface area contributed by atoms with Crippen molar-refractivity contribution < 1.29 is 24.9 Å². The molecule has 4 atom stereocenters. The normalized spacial score (nSPS) is 25.9. The van der Waals surface area contributed by atoms with E-state index in [2.05, 4.69) is 0 Å².